The van der Waals surface area contributed by atoms with Crippen LogP contribution < -0.4 is 0 Å². The molecule has 0 aliphatic rings. The van der Waals surface area contributed by atoms with Gasteiger partial charge in [-0.25, -0.2) is 13.4 Å². The van der Waals surface area contributed by atoms with Crippen LogP contribution in [-0.4, -0.2) is 27.2 Å². The minimum Gasteiger partial charge on any atom is -0.464 e. The summed E-state index contributed by atoms with van der Waals surface area (Å²) in [5.74, 6) is -0.910. The van der Waals surface area contributed by atoms with Gasteiger partial charge in [-0.1, -0.05) is 18.2 Å². The fourth-order valence-electron chi connectivity index (χ4n) is 1.59. The Hall–Kier alpha value is -1.56. The Morgan fingerprint density at radius 1 is 1.41 bits per heavy atom. The van der Waals surface area contributed by atoms with Crippen molar-refractivity contribution in [3.05, 3.63) is 35.4 Å². The molecule has 0 fully saturated rings. The number of carbonyl (C=O) groups excluding carboxylic acids is 1. The van der Waals surface area contributed by atoms with Crippen molar-refractivity contribution in [2.75, 3.05) is 6.61 Å². The number of esters is 1. The molecule has 2 atom stereocenters. The molecule has 0 aliphatic heterocycles. The van der Waals surface area contributed by atoms with E-state index in [4.69, 9.17) is 0 Å². The fraction of sp³-hybridized carbons (Fsp3) is 0.500. The molecule has 0 N–H and O–H groups in total. The van der Waals surface area contributed by atoms with Crippen molar-refractivity contribution in [3.8, 4) is 0 Å². The van der Waals surface area contributed by atoms with Crippen LogP contribution in [0.3, 0.4) is 0 Å². The third kappa shape index (κ3) is 5.02. The molecule has 1 aromatic rings. The van der Waals surface area contributed by atoms with E-state index < -0.39 is 27.9 Å². The predicted octanol–water partition coefficient (Wildman–Crippen LogP) is 3.53. The van der Waals surface area contributed by atoms with Crippen LogP contribution in [-0.2, 0) is 20.5 Å². The molecule has 0 spiro atoms. The minimum absolute atomic E-state index is 0.129. The van der Waals surface area contributed by atoms with Crippen LogP contribution in [0.1, 0.15) is 51.9 Å². The number of hydrogen-bond donors (Lipinski definition) is 0. The van der Waals surface area contributed by atoms with Crippen LogP contribution >= 0.6 is 0 Å². The summed E-state index contributed by atoms with van der Waals surface area (Å²) >= 11 is 0. The maximum Gasteiger partial charge on any atom is 0.345 e. The Kier molecular flexibility index (Phi) is 6.41. The van der Waals surface area contributed by atoms with E-state index in [1.54, 1.807) is 26.0 Å². The molecular weight excluding hydrogens is 305 g/mol. The highest BCUT2D eigenvalue weighted by molar-refractivity contribution is 7.85. The summed E-state index contributed by atoms with van der Waals surface area (Å²) in [5, 5.41) is 0. The summed E-state index contributed by atoms with van der Waals surface area (Å²) in [4.78, 5) is 11.5. The molecule has 22 heavy (non-hydrogen) atoms. The van der Waals surface area contributed by atoms with Gasteiger partial charge in [0, 0.05) is 0 Å². The third-order valence-electron chi connectivity index (χ3n) is 2.83. The van der Waals surface area contributed by atoms with Gasteiger partial charge in [0.05, 0.1) is 17.1 Å². The van der Waals surface area contributed by atoms with E-state index in [2.05, 4.69) is 9.13 Å². The van der Waals surface area contributed by atoms with Crippen molar-refractivity contribution < 1.29 is 18.1 Å². The van der Waals surface area contributed by atoms with Crippen molar-refractivity contribution in [1.29, 1.82) is 0 Å². The van der Waals surface area contributed by atoms with Crippen LogP contribution in [0.25, 0.3) is 0 Å². The quantitative estimate of drug-likeness (QED) is 0.614. The zero-order chi connectivity index (χ0) is 16.9. The lowest BCUT2D eigenvalue weighted by Gasteiger charge is -2.14. The first-order valence-electron chi connectivity index (χ1n) is 7.05. The van der Waals surface area contributed by atoms with Crippen LogP contribution in [0.15, 0.2) is 28.7 Å². The van der Waals surface area contributed by atoms with Gasteiger partial charge in [0.2, 0.25) is 6.17 Å². The average Bonchev–Trinajstić information content (AvgIpc) is 2.45. The molecule has 4 nitrogen and oxygen atoms in total. The Balaban J connectivity index is 3.04. The molecule has 0 bridgehead atoms. The van der Waals surface area contributed by atoms with E-state index in [1.165, 1.54) is 12.1 Å². The maximum atomic E-state index is 14.0. The highest BCUT2D eigenvalue weighted by Crippen LogP contribution is 2.21. The van der Waals surface area contributed by atoms with Crippen LogP contribution in [0.4, 0.5) is 4.39 Å². The topological polar surface area (TPSA) is 55.7 Å². The summed E-state index contributed by atoms with van der Waals surface area (Å²) in [6, 6.07) is 6.41. The molecule has 0 radical (unpaired) electrons. The summed E-state index contributed by atoms with van der Waals surface area (Å²) in [7, 11) is -1.39. The van der Waals surface area contributed by atoms with Crippen molar-refractivity contribution in [3.63, 3.8) is 0 Å². The number of benzene rings is 1. The molecule has 0 saturated heterocycles. The van der Waals surface area contributed by atoms with E-state index in [-0.39, 0.29) is 12.2 Å². The van der Waals surface area contributed by atoms with E-state index in [0.29, 0.717) is 11.3 Å². The van der Waals surface area contributed by atoms with E-state index in [9.17, 15) is 13.4 Å². The Morgan fingerprint density at radius 3 is 2.59 bits per heavy atom. The van der Waals surface area contributed by atoms with Gasteiger partial charge in [-0.15, -0.1) is 0 Å². The molecule has 1 rings (SSSR count). The van der Waals surface area contributed by atoms with E-state index in [0.717, 1.165) is 0 Å². The SMILES string of the molecule is CCOC(=O)C(F)c1cccc(C(C)=N[S@](=O)C(C)(C)C)c1. The fourth-order valence-corrected chi connectivity index (χ4v) is 2.21. The Morgan fingerprint density at radius 2 is 2.05 bits per heavy atom. The number of hydrogen-bond acceptors (Lipinski definition) is 3. The second-order valence-corrected chi connectivity index (χ2v) is 7.68. The number of carbonyl (C=O) groups is 1. The van der Waals surface area contributed by atoms with Crippen molar-refractivity contribution >= 4 is 22.7 Å². The molecule has 1 aromatic carbocycles. The van der Waals surface area contributed by atoms with Crippen LogP contribution in [0.5, 0.6) is 0 Å². The first-order chi connectivity index (χ1) is 10.2. The average molecular weight is 327 g/mol. The zero-order valence-corrected chi connectivity index (χ0v) is 14.4. The molecule has 0 saturated carbocycles. The van der Waals surface area contributed by atoms with Crippen LogP contribution in [0.2, 0.25) is 0 Å². The smallest absolute Gasteiger partial charge is 0.345 e. The largest absolute Gasteiger partial charge is 0.464 e. The standard InChI is InChI=1S/C16H22FNO3S/c1-6-21-15(19)14(17)13-9-7-8-12(10-13)11(2)18-22(20)16(3,4)5/h7-10,14H,6H2,1-5H3/t14?,22-/m1/s1. The Bertz CT molecular complexity index is 593. The van der Waals surface area contributed by atoms with Gasteiger partial charge in [0.1, 0.15) is 11.0 Å². The summed E-state index contributed by atoms with van der Waals surface area (Å²) in [6.45, 7) is 8.95. The van der Waals surface area contributed by atoms with Gasteiger partial charge < -0.3 is 4.74 Å². The van der Waals surface area contributed by atoms with Crippen molar-refractivity contribution in [1.82, 2.24) is 0 Å². The minimum atomic E-state index is -1.83. The lowest BCUT2D eigenvalue weighted by molar-refractivity contribution is -0.149. The lowest BCUT2D eigenvalue weighted by atomic mass is 10.0. The molecule has 0 heterocycles. The molecule has 0 aliphatic carbocycles. The van der Waals surface area contributed by atoms with E-state index in [1.807, 2.05) is 20.8 Å². The zero-order valence-electron chi connectivity index (χ0n) is 13.6. The Labute approximate surface area is 133 Å². The molecule has 122 valence electrons. The summed E-state index contributed by atoms with van der Waals surface area (Å²) in [6.07, 6.45) is -1.83. The number of ether oxygens (including phenoxy) is 1. The monoisotopic (exact) mass is 327 g/mol. The number of halogens is 1. The van der Waals surface area contributed by atoms with Gasteiger partial charge in [0.15, 0.2) is 0 Å². The van der Waals surface area contributed by atoms with Gasteiger partial charge in [-0.05, 0) is 51.8 Å². The normalized spacial score (nSPS) is 15.3. The first-order valence-corrected chi connectivity index (χ1v) is 8.15. The van der Waals surface area contributed by atoms with Gasteiger partial charge >= 0.3 is 5.97 Å². The molecular formula is C16H22FNO3S. The van der Waals surface area contributed by atoms with Crippen molar-refractivity contribution in [2.45, 2.75) is 45.5 Å². The molecule has 0 amide bonds. The van der Waals surface area contributed by atoms with Crippen molar-refractivity contribution in [2.24, 2.45) is 4.40 Å². The third-order valence-corrected chi connectivity index (χ3v) is 4.32. The highest BCUT2D eigenvalue weighted by atomic mass is 32.2. The first kappa shape index (κ1) is 18.5. The molecule has 0 aromatic heterocycles. The number of alkyl halides is 1. The predicted molar refractivity (Wildman–Crippen MR) is 87.0 cm³/mol. The van der Waals surface area contributed by atoms with Gasteiger partial charge in [-0.2, -0.15) is 4.40 Å². The highest BCUT2D eigenvalue weighted by Gasteiger charge is 2.22. The van der Waals surface area contributed by atoms with Gasteiger partial charge in [0.25, 0.3) is 0 Å². The van der Waals surface area contributed by atoms with Gasteiger partial charge in [-0.3, -0.25) is 0 Å². The summed E-state index contributed by atoms with van der Waals surface area (Å²) < 4.78 is 34.4. The maximum absolute atomic E-state index is 14.0. The summed E-state index contributed by atoms with van der Waals surface area (Å²) in [5.41, 5.74) is 1.36. The number of nitrogens with zero attached hydrogens (tertiary/aromatic N) is 1. The van der Waals surface area contributed by atoms with Crippen LogP contribution in [0, 0.1) is 0 Å². The molecule has 6 heteroatoms. The molecule has 1 unspecified atom stereocenters. The lowest BCUT2D eigenvalue weighted by Crippen LogP contribution is -2.20. The second-order valence-electron chi connectivity index (χ2n) is 5.78. The van der Waals surface area contributed by atoms with E-state index >= 15 is 0 Å². The number of rotatable bonds is 5. The second kappa shape index (κ2) is 7.63.